The van der Waals surface area contributed by atoms with Gasteiger partial charge in [-0.3, -0.25) is 9.59 Å². The maximum absolute atomic E-state index is 13.1. The lowest BCUT2D eigenvalue weighted by Gasteiger charge is -2.35. The van der Waals surface area contributed by atoms with Gasteiger partial charge in [-0.05, 0) is 17.5 Å². The van der Waals surface area contributed by atoms with Gasteiger partial charge < -0.3 is 14.7 Å². The molecule has 2 unspecified atom stereocenters. The van der Waals surface area contributed by atoms with Crippen LogP contribution in [0.25, 0.3) is 0 Å². The summed E-state index contributed by atoms with van der Waals surface area (Å²) in [6.45, 7) is 2.21. The number of rotatable bonds is 5. The Morgan fingerprint density at radius 2 is 2.04 bits per heavy atom. The van der Waals surface area contributed by atoms with Crippen LogP contribution in [-0.4, -0.2) is 47.7 Å². The van der Waals surface area contributed by atoms with Crippen LogP contribution in [0.15, 0.2) is 24.3 Å². The van der Waals surface area contributed by atoms with Gasteiger partial charge in [-0.2, -0.15) is 13.2 Å². The minimum atomic E-state index is -4.49. The summed E-state index contributed by atoms with van der Waals surface area (Å²) in [5, 5.41) is 8.93. The van der Waals surface area contributed by atoms with Gasteiger partial charge in [-0.1, -0.05) is 25.1 Å². The molecule has 0 aromatic heterocycles. The van der Waals surface area contributed by atoms with Crippen molar-refractivity contribution in [3.8, 4) is 0 Å². The number of amides is 1. The molecule has 0 saturated carbocycles. The lowest BCUT2D eigenvalue weighted by molar-refractivity contribution is -0.147. The molecule has 25 heavy (non-hydrogen) atoms. The molecule has 2 rings (SSSR count). The average molecular weight is 359 g/mol. The van der Waals surface area contributed by atoms with Gasteiger partial charge >= 0.3 is 12.1 Å². The predicted molar refractivity (Wildman–Crippen MR) is 83.0 cm³/mol. The normalized spacial score (nSPS) is 19.5. The summed E-state index contributed by atoms with van der Waals surface area (Å²) in [6.07, 6.45) is -4.86. The first-order valence-corrected chi connectivity index (χ1v) is 7.95. The molecule has 0 aliphatic carbocycles. The predicted octanol–water partition coefficient (Wildman–Crippen LogP) is 2.90. The van der Waals surface area contributed by atoms with E-state index in [2.05, 4.69) is 0 Å². The van der Waals surface area contributed by atoms with Crippen LogP contribution >= 0.6 is 0 Å². The van der Waals surface area contributed by atoms with Crippen molar-refractivity contribution in [2.45, 2.75) is 37.9 Å². The third kappa shape index (κ3) is 4.94. The Hall–Kier alpha value is -2.09. The zero-order valence-corrected chi connectivity index (χ0v) is 13.8. The van der Waals surface area contributed by atoms with Crippen molar-refractivity contribution in [2.24, 2.45) is 0 Å². The second kappa shape index (κ2) is 7.86. The summed E-state index contributed by atoms with van der Waals surface area (Å²) in [6, 6.07) is 4.59. The van der Waals surface area contributed by atoms with E-state index < -0.39 is 29.7 Å². The van der Waals surface area contributed by atoms with Crippen LogP contribution in [0.2, 0.25) is 0 Å². The van der Waals surface area contributed by atoms with Crippen molar-refractivity contribution >= 4 is 11.9 Å². The number of nitrogens with zero attached hydrogens (tertiary/aromatic N) is 1. The summed E-state index contributed by atoms with van der Waals surface area (Å²) < 4.78 is 44.6. The summed E-state index contributed by atoms with van der Waals surface area (Å²) >= 11 is 0. The lowest BCUT2D eigenvalue weighted by atomic mass is 9.92. The molecule has 1 aliphatic heterocycles. The molecular weight excluding hydrogens is 339 g/mol. The van der Waals surface area contributed by atoms with E-state index in [0.717, 1.165) is 6.07 Å². The molecule has 1 saturated heterocycles. The molecule has 2 atom stereocenters. The third-order valence-corrected chi connectivity index (χ3v) is 4.24. The number of carboxylic acids is 1. The van der Waals surface area contributed by atoms with E-state index in [0.29, 0.717) is 0 Å². The van der Waals surface area contributed by atoms with Gasteiger partial charge in [0.2, 0.25) is 5.91 Å². The number of ether oxygens (including phenoxy) is 1. The highest BCUT2D eigenvalue weighted by atomic mass is 19.4. The summed E-state index contributed by atoms with van der Waals surface area (Å²) in [4.78, 5) is 24.9. The Balaban J connectivity index is 2.13. The van der Waals surface area contributed by atoms with Crippen LogP contribution < -0.4 is 0 Å². The molecule has 1 aliphatic rings. The number of alkyl halides is 3. The van der Waals surface area contributed by atoms with Crippen molar-refractivity contribution in [2.75, 3.05) is 19.8 Å². The summed E-state index contributed by atoms with van der Waals surface area (Å²) in [5.41, 5.74) is -0.689. The van der Waals surface area contributed by atoms with Crippen LogP contribution in [0, 0.1) is 0 Å². The number of carboxylic acid groups (broad SMARTS) is 1. The standard InChI is InChI=1S/C17H20F3NO4/c1-11(13-4-2-3-5-14(13)17(18,19)20)8-15(22)21-6-7-25-10-12(21)9-16(23)24/h2-5,11-12H,6-10H2,1H3,(H,23,24). The number of morpholine rings is 1. The molecule has 5 nitrogen and oxygen atoms in total. The highest BCUT2D eigenvalue weighted by molar-refractivity contribution is 5.78. The van der Waals surface area contributed by atoms with Crippen molar-refractivity contribution in [3.63, 3.8) is 0 Å². The Morgan fingerprint density at radius 3 is 2.68 bits per heavy atom. The SMILES string of the molecule is CC(CC(=O)N1CCOCC1CC(=O)O)c1ccccc1C(F)(F)F. The molecule has 138 valence electrons. The Labute approximate surface area is 143 Å². The van der Waals surface area contributed by atoms with E-state index in [4.69, 9.17) is 9.84 Å². The monoisotopic (exact) mass is 359 g/mol. The van der Waals surface area contributed by atoms with Crippen molar-refractivity contribution in [1.29, 1.82) is 0 Å². The van der Waals surface area contributed by atoms with Gasteiger partial charge in [0.05, 0.1) is 31.2 Å². The second-order valence-electron chi connectivity index (χ2n) is 6.10. The molecule has 1 heterocycles. The van der Waals surface area contributed by atoms with Gasteiger partial charge in [0.1, 0.15) is 0 Å². The first kappa shape index (κ1) is 19.2. The number of hydrogen-bond donors (Lipinski definition) is 1. The fourth-order valence-electron chi connectivity index (χ4n) is 3.03. The van der Waals surface area contributed by atoms with Gasteiger partial charge in [0.15, 0.2) is 0 Å². The highest BCUT2D eigenvalue weighted by Gasteiger charge is 2.35. The number of carbonyl (C=O) groups excluding carboxylic acids is 1. The van der Waals surface area contributed by atoms with Crippen LogP contribution in [0.5, 0.6) is 0 Å². The zero-order valence-electron chi connectivity index (χ0n) is 13.8. The molecule has 1 N–H and O–H groups in total. The van der Waals surface area contributed by atoms with E-state index in [1.54, 1.807) is 6.92 Å². The maximum atomic E-state index is 13.1. The van der Waals surface area contributed by atoms with E-state index >= 15 is 0 Å². The summed E-state index contributed by atoms with van der Waals surface area (Å²) in [7, 11) is 0. The molecule has 0 radical (unpaired) electrons. The molecule has 0 spiro atoms. The van der Waals surface area contributed by atoms with Gasteiger partial charge in [0.25, 0.3) is 0 Å². The van der Waals surface area contributed by atoms with E-state index in [1.807, 2.05) is 0 Å². The molecule has 1 aromatic rings. The quantitative estimate of drug-likeness (QED) is 0.878. The van der Waals surface area contributed by atoms with Crippen LogP contribution in [0.1, 0.15) is 36.8 Å². The van der Waals surface area contributed by atoms with E-state index in [-0.39, 0.29) is 44.1 Å². The molecule has 1 fully saturated rings. The van der Waals surface area contributed by atoms with Crippen molar-refractivity contribution in [3.05, 3.63) is 35.4 Å². The number of aliphatic carboxylic acids is 1. The fourth-order valence-corrected chi connectivity index (χ4v) is 3.03. The fraction of sp³-hybridized carbons (Fsp3) is 0.529. The van der Waals surface area contributed by atoms with Gasteiger partial charge in [-0.25, -0.2) is 0 Å². The Morgan fingerprint density at radius 1 is 1.36 bits per heavy atom. The number of hydrogen-bond acceptors (Lipinski definition) is 3. The zero-order chi connectivity index (χ0) is 18.6. The van der Waals surface area contributed by atoms with Crippen LogP contribution in [0.4, 0.5) is 13.2 Å². The second-order valence-corrected chi connectivity index (χ2v) is 6.10. The van der Waals surface area contributed by atoms with Gasteiger partial charge in [-0.15, -0.1) is 0 Å². The van der Waals surface area contributed by atoms with Crippen molar-refractivity contribution < 1.29 is 32.6 Å². The van der Waals surface area contributed by atoms with Gasteiger partial charge in [0, 0.05) is 13.0 Å². The topological polar surface area (TPSA) is 66.8 Å². The minimum Gasteiger partial charge on any atom is -0.481 e. The molecule has 0 bridgehead atoms. The maximum Gasteiger partial charge on any atom is 0.416 e. The molecule has 1 amide bonds. The Bertz CT molecular complexity index is 633. The molecular formula is C17H20F3NO4. The van der Waals surface area contributed by atoms with Crippen LogP contribution in [-0.2, 0) is 20.5 Å². The number of carbonyl (C=O) groups is 2. The lowest BCUT2D eigenvalue weighted by Crippen LogP contribution is -2.49. The summed E-state index contributed by atoms with van der Waals surface area (Å²) in [5.74, 6) is -2.05. The number of halogens is 3. The van der Waals surface area contributed by atoms with E-state index in [9.17, 15) is 22.8 Å². The largest absolute Gasteiger partial charge is 0.481 e. The van der Waals surface area contributed by atoms with Crippen molar-refractivity contribution in [1.82, 2.24) is 4.90 Å². The highest BCUT2D eigenvalue weighted by Crippen LogP contribution is 2.36. The first-order valence-electron chi connectivity index (χ1n) is 7.95. The minimum absolute atomic E-state index is 0.0615. The van der Waals surface area contributed by atoms with Crippen LogP contribution in [0.3, 0.4) is 0 Å². The third-order valence-electron chi connectivity index (χ3n) is 4.24. The smallest absolute Gasteiger partial charge is 0.416 e. The molecule has 8 heteroatoms. The van der Waals surface area contributed by atoms with E-state index in [1.165, 1.54) is 23.1 Å². The average Bonchev–Trinajstić information content (AvgIpc) is 2.54. The number of benzene rings is 1. The molecule has 1 aromatic carbocycles. The first-order chi connectivity index (χ1) is 11.7. The Kier molecular flexibility index (Phi) is 6.05.